The second-order valence-electron chi connectivity index (χ2n) is 6.22. The van der Waals surface area contributed by atoms with Crippen LogP contribution in [0.3, 0.4) is 0 Å². The molecule has 0 unspecified atom stereocenters. The van der Waals surface area contributed by atoms with Crippen molar-refractivity contribution in [2.24, 2.45) is 0 Å². The van der Waals surface area contributed by atoms with Gasteiger partial charge in [-0.1, -0.05) is 68.4 Å². The number of rotatable bonds is 6. The first-order valence-corrected chi connectivity index (χ1v) is 8.59. The minimum Gasteiger partial charge on any atom is -0.362 e. The van der Waals surface area contributed by atoms with Crippen molar-refractivity contribution in [3.63, 3.8) is 0 Å². The molecule has 0 bridgehead atoms. The van der Waals surface area contributed by atoms with Gasteiger partial charge in [-0.15, -0.1) is 0 Å². The summed E-state index contributed by atoms with van der Waals surface area (Å²) >= 11 is 5.47. The fraction of sp³-hybridized carbons (Fsp3) is 0.350. The molecular formula is C20H26N2S. The number of hydrogen-bond donors (Lipinski definition) is 1. The maximum Gasteiger partial charge on any atom is 0.168 e. The monoisotopic (exact) mass is 326 g/mol. The normalized spacial score (nSPS) is 10.6. The molecule has 122 valence electrons. The van der Waals surface area contributed by atoms with Crippen LogP contribution in [0.2, 0.25) is 0 Å². The van der Waals surface area contributed by atoms with Crippen LogP contribution in [0, 0.1) is 0 Å². The van der Waals surface area contributed by atoms with E-state index >= 15 is 0 Å². The van der Waals surface area contributed by atoms with Crippen LogP contribution in [0.1, 0.15) is 36.5 Å². The molecule has 0 aliphatic rings. The van der Waals surface area contributed by atoms with Crippen molar-refractivity contribution < 1.29 is 0 Å². The maximum atomic E-state index is 5.47. The van der Waals surface area contributed by atoms with E-state index in [1.54, 1.807) is 0 Å². The zero-order valence-electron chi connectivity index (χ0n) is 14.3. The number of hydrogen-bond acceptors (Lipinski definition) is 1. The fourth-order valence-electron chi connectivity index (χ4n) is 2.45. The Morgan fingerprint density at radius 3 is 2.26 bits per heavy atom. The van der Waals surface area contributed by atoms with E-state index in [2.05, 4.69) is 72.6 Å². The second-order valence-corrected chi connectivity index (χ2v) is 6.61. The summed E-state index contributed by atoms with van der Waals surface area (Å²) < 4.78 is 0. The third kappa shape index (κ3) is 5.68. The third-order valence-corrected chi connectivity index (χ3v) is 4.40. The molecule has 0 aromatic heterocycles. The molecule has 1 N–H and O–H groups in total. The van der Waals surface area contributed by atoms with Gasteiger partial charge in [0.1, 0.15) is 0 Å². The van der Waals surface area contributed by atoms with Gasteiger partial charge < -0.3 is 10.2 Å². The van der Waals surface area contributed by atoms with E-state index in [1.807, 2.05) is 13.1 Å². The molecule has 0 saturated heterocycles. The number of thiocarbonyl (C=S) groups is 1. The number of benzene rings is 2. The standard InChI is InChI=1S/C20H26N2S/c1-16(2)19-11-9-18(10-12-19)15-22(3)20(23)21-14-13-17-7-5-4-6-8-17/h4-12,16H,13-15H2,1-3H3,(H,21,23). The average molecular weight is 327 g/mol. The molecule has 0 heterocycles. The lowest BCUT2D eigenvalue weighted by Gasteiger charge is -2.21. The van der Waals surface area contributed by atoms with Crippen molar-refractivity contribution in [1.29, 1.82) is 0 Å². The van der Waals surface area contributed by atoms with Gasteiger partial charge in [0.15, 0.2) is 5.11 Å². The van der Waals surface area contributed by atoms with E-state index in [0.717, 1.165) is 24.6 Å². The van der Waals surface area contributed by atoms with Crippen LogP contribution >= 0.6 is 12.2 Å². The van der Waals surface area contributed by atoms with Crippen molar-refractivity contribution in [1.82, 2.24) is 10.2 Å². The quantitative estimate of drug-likeness (QED) is 0.794. The molecule has 0 atom stereocenters. The molecule has 0 aliphatic heterocycles. The van der Waals surface area contributed by atoms with E-state index in [-0.39, 0.29) is 0 Å². The van der Waals surface area contributed by atoms with E-state index in [0.29, 0.717) is 5.92 Å². The Labute approximate surface area is 145 Å². The molecule has 2 rings (SSSR count). The summed E-state index contributed by atoms with van der Waals surface area (Å²) in [6.07, 6.45) is 0.984. The smallest absolute Gasteiger partial charge is 0.168 e. The first kappa shape index (κ1) is 17.5. The highest BCUT2D eigenvalue weighted by molar-refractivity contribution is 7.80. The number of nitrogens with zero attached hydrogens (tertiary/aromatic N) is 1. The third-order valence-electron chi connectivity index (χ3n) is 3.95. The molecule has 0 amide bonds. The van der Waals surface area contributed by atoms with Crippen molar-refractivity contribution in [3.05, 3.63) is 71.3 Å². The molecule has 3 heteroatoms. The van der Waals surface area contributed by atoms with Crippen LogP contribution in [0.5, 0.6) is 0 Å². The fourth-order valence-corrected chi connectivity index (χ4v) is 2.61. The highest BCUT2D eigenvalue weighted by Gasteiger charge is 2.05. The average Bonchev–Trinajstić information content (AvgIpc) is 2.56. The van der Waals surface area contributed by atoms with Crippen molar-refractivity contribution >= 4 is 17.3 Å². The first-order valence-electron chi connectivity index (χ1n) is 8.18. The topological polar surface area (TPSA) is 15.3 Å². The highest BCUT2D eigenvalue weighted by atomic mass is 32.1. The summed E-state index contributed by atoms with van der Waals surface area (Å²) in [6.45, 7) is 6.12. The lowest BCUT2D eigenvalue weighted by Crippen LogP contribution is -2.37. The van der Waals surface area contributed by atoms with Gasteiger partial charge in [-0.05, 0) is 41.2 Å². The summed E-state index contributed by atoms with van der Waals surface area (Å²) in [4.78, 5) is 2.09. The van der Waals surface area contributed by atoms with Gasteiger partial charge in [-0.2, -0.15) is 0 Å². The first-order chi connectivity index (χ1) is 11.1. The van der Waals surface area contributed by atoms with Crippen LogP contribution in [-0.4, -0.2) is 23.6 Å². The van der Waals surface area contributed by atoms with Gasteiger partial charge >= 0.3 is 0 Å². The maximum absolute atomic E-state index is 5.47. The van der Waals surface area contributed by atoms with Crippen LogP contribution in [-0.2, 0) is 13.0 Å². The van der Waals surface area contributed by atoms with Gasteiger partial charge in [0.25, 0.3) is 0 Å². The summed E-state index contributed by atoms with van der Waals surface area (Å²) in [5.41, 5.74) is 3.99. The van der Waals surface area contributed by atoms with Crippen LogP contribution in [0.4, 0.5) is 0 Å². The largest absolute Gasteiger partial charge is 0.362 e. The molecule has 0 saturated carbocycles. The van der Waals surface area contributed by atoms with Crippen LogP contribution < -0.4 is 5.32 Å². The molecule has 23 heavy (non-hydrogen) atoms. The molecule has 2 aromatic rings. The van der Waals surface area contributed by atoms with Gasteiger partial charge in [-0.25, -0.2) is 0 Å². The van der Waals surface area contributed by atoms with Crippen molar-refractivity contribution in [3.8, 4) is 0 Å². The van der Waals surface area contributed by atoms with Crippen LogP contribution in [0.15, 0.2) is 54.6 Å². The summed E-state index contributed by atoms with van der Waals surface area (Å²) in [6, 6.07) is 19.3. The molecule has 0 fully saturated rings. The van der Waals surface area contributed by atoms with Crippen molar-refractivity contribution in [2.45, 2.75) is 32.7 Å². The lowest BCUT2D eigenvalue weighted by molar-refractivity contribution is 0.489. The van der Waals surface area contributed by atoms with E-state index in [1.165, 1.54) is 16.7 Å². The Balaban J connectivity index is 1.78. The minimum atomic E-state index is 0.572. The molecule has 0 aliphatic carbocycles. The van der Waals surface area contributed by atoms with Crippen LogP contribution in [0.25, 0.3) is 0 Å². The zero-order valence-corrected chi connectivity index (χ0v) is 15.1. The number of nitrogens with one attached hydrogen (secondary N) is 1. The van der Waals surface area contributed by atoms with Gasteiger partial charge in [0, 0.05) is 20.1 Å². The van der Waals surface area contributed by atoms with Gasteiger partial charge in [-0.3, -0.25) is 0 Å². The highest BCUT2D eigenvalue weighted by Crippen LogP contribution is 2.15. The predicted octanol–water partition coefficient (Wildman–Crippen LogP) is 4.36. The van der Waals surface area contributed by atoms with Crippen molar-refractivity contribution in [2.75, 3.05) is 13.6 Å². The molecule has 2 nitrogen and oxygen atoms in total. The second kappa shape index (κ2) is 8.68. The Morgan fingerprint density at radius 1 is 1.00 bits per heavy atom. The Hall–Kier alpha value is -1.87. The van der Waals surface area contributed by atoms with E-state index in [9.17, 15) is 0 Å². The van der Waals surface area contributed by atoms with Gasteiger partial charge in [0.05, 0.1) is 0 Å². The molecule has 0 spiro atoms. The SMILES string of the molecule is CC(C)c1ccc(CN(C)C(=S)NCCc2ccccc2)cc1. The Bertz CT molecular complexity index is 605. The molecule has 0 radical (unpaired) electrons. The molecular weight excluding hydrogens is 300 g/mol. The summed E-state index contributed by atoms with van der Waals surface area (Å²) in [5.74, 6) is 0.572. The molecule has 2 aromatic carbocycles. The Morgan fingerprint density at radius 2 is 1.65 bits per heavy atom. The predicted molar refractivity (Wildman–Crippen MR) is 103 cm³/mol. The van der Waals surface area contributed by atoms with E-state index in [4.69, 9.17) is 12.2 Å². The summed E-state index contributed by atoms with van der Waals surface area (Å²) in [7, 11) is 2.04. The minimum absolute atomic E-state index is 0.572. The zero-order chi connectivity index (χ0) is 16.7. The summed E-state index contributed by atoms with van der Waals surface area (Å²) in [5, 5.41) is 4.14. The lowest BCUT2D eigenvalue weighted by atomic mass is 10.0. The van der Waals surface area contributed by atoms with Gasteiger partial charge in [0.2, 0.25) is 0 Å². The Kier molecular flexibility index (Phi) is 6.60. The van der Waals surface area contributed by atoms with E-state index < -0.39 is 0 Å².